The molecule has 0 aromatic carbocycles. The topological polar surface area (TPSA) is 131 Å². The summed E-state index contributed by atoms with van der Waals surface area (Å²) in [6.45, 7) is 4.64. The van der Waals surface area contributed by atoms with Gasteiger partial charge in [0.25, 0.3) is 0 Å². The Morgan fingerprint density at radius 2 is 2.20 bits per heavy atom. The lowest BCUT2D eigenvalue weighted by atomic mass is 9.94. The molecule has 1 unspecified atom stereocenters. The lowest BCUT2D eigenvalue weighted by Crippen LogP contribution is -2.50. The van der Waals surface area contributed by atoms with Crippen molar-refractivity contribution >= 4 is 46.7 Å². The van der Waals surface area contributed by atoms with Crippen LogP contribution in [0.4, 0.5) is 0 Å². The Bertz CT molecular complexity index is 1260. The molecule has 10 heteroatoms. The van der Waals surface area contributed by atoms with Crippen LogP contribution in [0.2, 0.25) is 0 Å². The minimum atomic E-state index is -0.691. The largest absolute Gasteiger partial charge is 0.354 e. The van der Waals surface area contributed by atoms with Gasteiger partial charge in [-0.3, -0.25) is 14.7 Å². The summed E-state index contributed by atoms with van der Waals surface area (Å²) in [7, 11) is 0. The number of alkyl halides is 1. The molecule has 2 amide bonds. The Kier molecular flexibility index (Phi) is 7.35. The molecule has 0 bridgehead atoms. The lowest BCUT2D eigenvalue weighted by Gasteiger charge is -2.31. The highest BCUT2D eigenvalue weighted by Gasteiger charge is 2.40. The summed E-state index contributed by atoms with van der Waals surface area (Å²) in [6, 6.07) is 3.52. The van der Waals surface area contributed by atoms with Crippen molar-refractivity contribution in [2.75, 3.05) is 19.0 Å². The maximum atomic E-state index is 12.9. The second-order valence-corrected chi connectivity index (χ2v) is 9.62. The normalized spacial score (nSPS) is 16.3. The Labute approximate surface area is 208 Å². The zero-order valence-electron chi connectivity index (χ0n) is 19.9. The van der Waals surface area contributed by atoms with Crippen molar-refractivity contribution in [1.82, 2.24) is 30.4 Å². The average Bonchev–Trinajstić information content (AvgIpc) is 3.60. The van der Waals surface area contributed by atoms with Gasteiger partial charge in [0.15, 0.2) is 0 Å². The molecule has 3 aromatic rings. The van der Waals surface area contributed by atoms with Gasteiger partial charge in [-0.15, -0.1) is 11.6 Å². The summed E-state index contributed by atoms with van der Waals surface area (Å²) < 4.78 is 0. The highest BCUT2D eigenvalue weighted by Crippen LogP contribution is 2.30. The van der Waals surface area contributed by atoms with Crippen molar-refractivity contribution in [1.29, 1.82) is 5.41 Å². The van der Waals surface area contributed by atoms with Crippen LogP contribution in [0.1, 0.15) is 38.1 Å². The number of rotatable bonds is 9. The van der Waals surface area contributed by atoms with E-state index >= 15 is 0 Å². The number of aromatic nitrogens is 4. The molecule has 0 aliphatic carbocycles. The van der Waals surface area contributed by atoms with E-state index in [1.807, 2.05) is 26.0 Å². The number of nitrogens with zero attached hydrogens (tertiary/aromatic N) is 3. The summed E-state index contributed by atoms with van der Waals surface area (Å²) in [6.07, 6.45) is 10.2. The molecule has 0 saturated carbocycles. The second kappa shape index (κ2) is 10.4. The Morgan fingerprint density at radius 3 is 2.97 bits per heavy atom. The fourth-order valence-corrected chi connectivity index (χ4v) is 4.51. The first-order valence-electron chi connectivity index (χ1n) is 11.7. The number of H-pyrrole nitrogens is 2. The molecule has 1 aliphatic heterocycles. The van der Waals surface area contributed by atoms with Gasteiger partial charge in [0, 0.05) is 54.4 Å². The van der Waals surface area contributed by atoms with Crippen LogP contribution in [0.15, 0.2) is 30.6 Å². The van der Waals surface area contributed by atoms with Crippen LogP contribution in [-0.2, 0) is 16.0 Å². The summed E-state index contributed by atoms with van der Waals surface area (Å²) in [5.41, 5.74) is 3.71. The molecule has 35 heavy (non-hydrogen) atoms. The summed E-state index contributed by atoms with van der Waals surface area (Å²) in [4.78, 5) is 35.2. The number of likely N-dealkylation sites (tertiary alicyclic amines) is 1. The zero-order chi connectivity index (χ0) is 25.0. The van der Waals surface area contributed by atoms with Gasteiger partial charge in [0.2, 0.25) is 11.8 Å². The van der Waals surface area contributed by atoms with Crippen LogP contribution in [0.25, 0.3) is 28.2 Å². The number of carbonyl (C=O) groups excluding carboxylic acids is 2. The predicted octanol–water partition coefficient (Wildman–Crippen LogP) is 3.53. The number of hydrogen-bond acceptors (Lipinski definition) is 5. The molecule has 1 aliphatic rings. The van der Waals surface area contributed by atoms with Gasteiger partial charge in [0.1, 0.15) is 11.7 Å². The third kappa shape index (κ3) is 5.14. The molecule has 1 fully saturated rings. The fraction of sp³-hybridized carbons (Fsp3) is 0.400. The molecule has 4 heterocycles. The Balaban J connectivity index is 1.43. The summed E-state index contributed by atoms with van der Waals surface area (Å²) in [5, 5.41) is 18.3. The maximum Gasteiger partial charge on any atom is 0.242 e. The third-order valence-electron chi connectivity index (χ3n) is 6.33. The molecule has 4 rings (SSSR count). The van der Waals surface area contributed by atoms with Gasteiger partial charge >= 0.3 is 0 Å². The monoisotopic (exact) mass is 495 g/mol. The molecule has 4 N–H and O–H groups in total. The Morgan fingerprint density at radius 1 is 1.37 bits per heavy atom. The number of carbonyl (C=O) groups is 2. The van der Waals surface area contributed by atoms with Gasteiger partial charge in [-0.05, 0) is 56.5 Å². The van der Waals surface area contributed by atoms with E-state index in [4.69, 9.17) is 17.0 Å². The first-order valence-corrected chi connectivity index (χ1v) is 12.2. The van der Waals surface area contributed by atoms with E-state index < -0.39 is 11.5 Å². The summed E-state index contributed by atoms with van der Waals surface area (Å²) >= 11 is 5.98. The van der Waals surface area contributed by atoms with Crippen molar-refractivity contribution in [2.24, 2.45) is 5.41 Å². The first kappa shape index (κ1) is 24.7. The number of allylic oxidation sites excluding steroid dienone is 1. The van der Waals surface area contributed by atoms with E-state index in [9.17, 15) is 9.59 Å². The molecule has 184 valence electrons. The van der Waals surface area contributed by atoms with Crippen molar-refractivity contribution in [3.63, 3.8) is 0 Å². The SMILES string of the molecule is CC(C)(CCl)C(=O)N1CCCC1C(=O)NCCc1cc2c(-c3cn[nH]c3/C=C\C=N)ccnc2[nH]1. The van der Waals surface area contributed by atoms with Gasteiger partial charge < -0.3 is 20.6 Å². The molecular weight excluding hydrogens is 466 g/mol. The third-order valence-corrected chi connectivity index (χ3v) is 7.00. The van der Waals surface area contributed by atoms with Gasteiger partial charge in [-0.25, -0.2) is 4.98 Å². The Hall–Kier alpha value is -3.46. The average molecular weight is 496 g/mol. The standard InChI is InChI=1S/C25H30ClN7O2/c1-25(2,15-26)24(35)33-12-4-6-21(33)23(34)29-10-7-16-13-18-17(8-11-28-22(18)31-16)19-14-30-32-20(19)5-3-9-27/h3,5,8-9,11,13-14,21,27H,4,6-7,10,12,15H2,1-2H3,(H,28,31)(H,29,34)(H,30,32)/b5-3-,27-9?. The van der Waals surface area contributed by atoms with Crippen molar-refractivity contribution in [3.8, 4) is 11.1 Å². The molecule has 0 spiro atoms. The maximum absolute atomic E-state index is 12.9. The molecule has 3 aromatic heterocycles. The number of amides is 2. The molecule has 1 saturated heterocycles. The second-order valence-electron chi connectivity index (χ2n) is 9.35. The zero-order valence-corrected chi connectivity index (χ0v) is 20.7. The van der Waals surface area contributed by atoms with Crippen molar-refractivity contribution in [3.05, 3.63) is 42.0 Å². The molecular formula is C25H30ClN7O2. The number of halogens is 1. The lowest BCUT2D eigenvalue weighted by molar-refractivity contribution is -0.144. The van der Waals surface area contributed by atoms with E-state index in [0.717, 1.165) is 40.0 Å². The van der Waals surface area contributed by atoms with Crippen LogP contribution in [0, 0.1) is 10.8 Å². The molecule has 9 nitrogen and oxygen atoms in total. The minimum absolute atomic E-state index is 0.0755. The van der Waals surface area contributed by atoms with Crippen molar-refractivity contribution in [2.45, 2.75) is 39.2 Å². The van der Waals surface area contributed by atoms with E-state index in [1.165, 1.54) is 6.21 Å². The van der Waals surface area contributed by atoms with Gasteiger partial charge in [0.05, 0.1) is 17.3 Å². The van der Waals surface area contributed by atoms with Crippen LogP contribution in [0.5, 0.6) is 0 Å². The summed E-state index contributed by atoms with van der Waals surface area (Å²) in [5.74, 6) is 0.0115. The number of hydrogen-bond donors (Lipinski definition) is 4. The quantitative estimate of drug-likeness (QED) is 0.267. The minimum Gasteiger partial charge on any atom is -0.354 e. The first-order chi connectivity index (χ1) is 16.9. The number of fused-ring (bicyclic) bond motifs is 1. The fourth-order valence-electron chi connectivity index (χ4n) is 4.40. The van der Waals surface area contributed by atoms with Gasteiger partial charge in [-0.1, -0.05) is 0 Å². The van der Waals surface area contributed by atoms with Crippen LogP contribution in [0.3, 0.4) is 0 Å². The van der Waals surface area contributed by atoms with Crippen LogP contribution >= 0.6 is 11.6 Å². The van der Waals surface area contributed by atoms with Crippen molar-refractivity contribution < 1.29 is 9.59 Å². The predicted molar refractivity (Wildman–Crippen MR) is 137 cm³/mol. The highest BCUT2D eigenvalue weighted by molar-refractivity contribution is 6.20. The molecule has 0 radical (unpaired) electrons. The van der Waals surface area contributed by atoms with E-state index in [2.05, 4.69) is 25.5 Å². The van der Waals surface area contributed by atoms with Crippen LogP contribution < -0.4 is 5.32 Å². The number of aromatic amines is 2. The van der Waals surface area contributed by atoms with E-state index in [0.29, 0.717) is 25.9 Å². The molecule has 1 atom stereocenters. The smallest absolute Gasteiger partial charge is 0.242 e. The highest BCUT2D eigenvalue weighted by atomic mass is 35.5. The van der Waals surface area contributed by atoms with Gasteiger partial charge in [-0.2, -0.15) is 5.10 Å². The van der Waals surface area contributed by atoms with Crippen LogP contribution in [-0.4, -0.2) is 68.1 Å². The number of nitrogens with one attached hydrogen (secondary N) is 4. The van der Waals surface area contributed by atoms with E-state index in [1.54, 1.807) is 29.4 Å². The number of pyridine rings is 1. The van der Waals surface area contributed by atoms with E-state index in [-0.39, 0.29) is 17.7 Å².